The molecule has 32 heavy (non-hydrogen) atoms. The first-order valence-electron chi connectivity index (χ1n) is 11.1. The molecule has 1 N–H and O–H groups in total. The zero-order valence-corrected chi connectivity index (χ0v) is 19.6. The van der Waals surface area contributed by atoms with Crippen LogP contribution in [0.15, 0.2) is 41.2 Å². The normalized spacial score (nSPS) is 13.6. The average Bonchev–Trinajstić information content (AvgIpc) is 2.79. The van der Waals surface area contributed by atoms with Gasteiger partial charge < -0.3 is 14.6 Å². The van der Waals surface area contributed by atoms with Crippen LogP contribution in [0.1, 0.15) is 54.1 Å². The number of aromatic amines is 1. The van der Waals surface area contributed by atoms with Crippen molar-refractivity contribution < 1.29 is 9.53 Å². The molecule has 0 fully saturated rings. The Balaban J connectivity index is 1.68. The lowest BCUT2D eigenvalue weighted by atomic mass is 9.94. The maximum atomic E-state index is 13.4. The minimum absolute atomic E-state index is 0.0614. The fourth-order valence-corrected chi connectivity index (χ4v) is 4.58. The molecule has 6 nitrogen and oxygen atoms in total. The molecule has 1 aliphatic rings. The van der Waals surface area contributed by atoms with Crippen molar-refractivity contribution in [2.45, 2.75) is 45.6 Å². The monoisotopic (exact) mass is 451 g/mol. The summed E-state index contributed by atoms with van der Waals surface area (Å²) < 4.78 is 6.97. The first-order valence-corrected chi connectivity index (χ1v) is 11.5. The maximum Gasteiger partial charge on any atom is 0.262 e. The van der Waals surface area contributed by atoms with Crippen molar-refractivity contribution in [3.63, 3.8) is 0 Å². The molecule has 0 saturated heterocycles. The summed E-state index contributed by atoms with van der Waals surface area (Å²) in [5, 5.41) is 0.521. The number of rotatable bonds is 6. The summed E-state index contributed by atoms with van der Waals surface area (Å²) in [6, 6.07) is 11.6. The number of carbonyl (C=O) groups excluding carboxylic acids is 1. The number of hydrogen-bond donors (Lipinski definition) is 1. The number of anilines is 1. The number of fused-ring (bicyclic) bond motifs is 2. The van der Waals surface area contributed by atoms with E-state index in [1.165, 1.54) is 11.1 Å². The Labute approximate surface area is 192 Å². The van der Waals surface area contributed by atoms with E-state index in [1.54, 1.807) is 29.9 Å². The molecule has 0 atom stereocenters. The third kappa shape index (κ3) is 4.27. The fraction of sp³-hybridized carbons (Fsp3) is 0.400. The number of carbonyl (C=O) groups is 1. The molecule has 0 radical (unpaired) electrons. The number of amides is 1. The van der Waals surface area contributed by atoms with Gasteiger partial charge in [0.15, 0.2) is 4.77 Å². The van der Waals surface area contributed by atoms with Crippen molar-refractivity contribution in [3.05, 3.63) is 68.2 Å². The lowest BCUT2D eigenvalue weighted by Crippen LogP contribution is -2.35. The molecule has 0 bridgehead atoms. The number of H-pyrrole nitrogens is 1. The van der Waals surface area contributed by atoms with Crippen LogP contribution in [0, 0.1) is 4.77 Å². The molecular formula is C25H29N3O3S. The van der Waals surface area contributed by atoms with E-state index in [4.69, 9.17) is 17.0 Å². The maximum absolute atomic E-state index is 13.4. The summed E-state index contributed by atoms with van der Waals surface area (Å²) in [6.07, 6.45) is 2.61. The lowest BCUT2D eigenvalue weighted by molar-refractivity contribution is 0.0985. The average molecular weight is 452 g/mol. The van der Waals surface area contributed by atoms with Crippen LogP contribution in [0.2, 0.25) is 0 Å². The summed E-state index contributed by atoms with van der Waals surface area (Å²) in [6.45, 7) is 6.09. The van der Waals surface area contributed by atoms with Crippen molar-refractivity contribution in [2.75, 3.05) is 25.2 Å². The molecule has 7 heteroatoms. The van der Waals surface area contributed by atoms with Gasteiger partial charge in [0.2, 0.25) is 0 Å². The van der Waals surface area contributed by atoms with E-state index in [2.05, 4.69) is 37.0 Å². The van der Waals surface area contributed by atoms with Crippen LogP contribution in [0.3, 0.4) is 0 Å². The zero-order chi connectivity index (χ0) is 22.8. The Hall–Kier alpha value is -2.77. The van der Waals surface area contributed by atoms with Crippen molar-refractivity contribution in [1.29, 1.82) is 0 Å². The number of methoxy groups -OCH3 is 1. The molecule has 0 unspecified atom stereocenters. The third-order valence-electron chi connectivity index (χ3n) is 6.09. The highest BCUT2D eigenvalue weighted by Crippen LogP contribution is 2.31. The molecular weight excluding hydrogens is 422 g/mol. The SMILES string of the molecule is COCCCn1c(=S)[nH]c2cc(C(=O)N3CCCc4cc(C(C)C)ccc43)ccc2c1=O. The second-order valence-corrected chi connectivity index (χ2v) is 8.98. The van der Waals surface area contributed by atoms with Crippen LogP contribution in [0.25, 0.3) is 10.9 Å². The van der Waals surface area contributed by atoms with E-state index >= 15 is 0 Å². The highest BCUT2D eigenvalue weighted by atomic mass is 32.1. The van der Waals surface area contributed by atoms with E-state index in [9.17, 15) is 9.59 Å². The molecule has 3 aromatic rings. The molecule has 2 aromatic carbocycles. The molecule has 1 aromatic heterocycles. The molecule has 2 heterocycles. The van der Waals surface area contributed by atoms with Gasteiger partial charge >= 0.3 is 0 Å². The van der Waals surface area contributed by atoms with Gasteiger partial charge in [0.05, 0.1) is 10.9 Å². The topological polar surface area (TPSA) is 67.3 Å². The van der Waals surface area contributed by atoms with Gasteiger partial charge in [-0.2, -0.15) is 0 Å². The van der Waals surface area contributed by atoms with Gasteiger partial charge in [0, 0.05) is 38.1 Å². The zero-order valence-electron chi connectivity index (χ0n) is 18.8. The fourth-order valence-electron chi connectivity index (χ4n) is 4.30. The predicted molar refractivity (Wildman–Crippen MR) is 130 cm³/mol. The number of nitrogens with one attached hydrogen (secondary N) is 1. The van der Waals surface area contributed by atoms with Crippen LogP contribution in [0.4, 0.5) is 5.69 Å². The summed E-state index contributed by atoms with van der Waals surface area (Å²) in [7, 11) is 1.63. The summed E-state index contributed by atoms with van der Waals surface area (Å²) in [5.41, 5.74) is 4.46. The van der Waals surface area contributed by atoms with Gasteiger partial charge in [-0.15, -0.1) is 0 Å². The summed E-state index contributed by atoms with van der Waals surface area (Å²) in [5.74, 6) is 0.391. The highest BCUT2D eigenvalue weighted by molar-refractivity contribution is 7.71. The second-order valence-electron chi connectivity index (χ2n) is 8.60. The first-order chi connectivity index (χ1) is 15.4. The molecule has 0 aliphatic carbocycles. The Morgan fingerprint density at radius 3 is 2.78 bits per heavy atom. The predicted octanol–water partition coefficient (Wildman–Crippen LogP) is 4.81. The van der Waals surface area contributed by atoms with Crippen LogP contribution in [0.5, 0.6) is 0 Å². The molecule has 4 rings (SSSR count). The van der Waals surface area contributed by atoms with Crippen molar-refractivity contribution in [3.8, 4) is 0 Å². The number of nitrogens with zero attached hydrogens (tertiary/aromatic N) is 2. The Bertz CT molecular complexity index is 1280. The Kier molecular flexibility index (Phi) is 6.58. The van der Waals surface area contributed by atoms with Crippen LogP contribution in [-0.2, 0) is 17.7 Å². The Morgan fingerprint density at radius 2 is 2.03 bits per heavy atom. The number of benzene rings is 2. The smallest absolute Gasteiger partial charge is 0.262 e. The van der Waals surface area contributed by atoms with Crippen LogP contribution < -0.4 is 10.5 Å². The number of ether oxygens (including phenoxy) is 1. The van der Waals surface area contributed by atoms with Gasteiger partial charge in [-0.25, -0.2) is 0 Å². The van der Waals surface area contributed by atoms with Gasteiger partial charge in [-0.05, 0) is 72.8 Å². The molecule has 0 saturated carbocycles. The van der Waals surface area contributed by atoms with E-state index in [0.717, 1.165) is 18.5 Å². The van der Waals surface area contributed by atoms with E-state index in [-0.39, 0.29) is 11.5 Å². The number of aryl methyl sites for hydroxylation is 1. The van der Waals surface area contributed by atoms with Crippen molar-refractivity contribution >= 4 is 34.7 Å². The van der Waals surface area contributed by atoms with Gasteiger partial charge in [-0.1, -0.05) is 26.0 Å². The van der Waals surface area contributed by atoms with Crippen LogP contribution in [-0.4, -0.2) is 35.7 Å². The molecule has 1 amide bonds. The Morgan fingerprint density at radius 1 is 1.22 bits per heavy atom. The molecule has 1 aliphatic heterocycles. The minimum Gasteiger partial charge on any atom is -0.385 e. The van der Waals surface area contributed by atoms with Crippen molar-refractivity contribution in [1.82, 2.24) is 9.55 Å². The molecule has 168 valence electrons. The lowest BCUT2D eigenvalue weighted by Gasteiger charge is -2.30. The van der Waals surface area contributed by atoms with Gasteiger partial charge in [0.1, 0.15) is 0 Å². The van der Waals surface area contributed by atoms with Crippen LogP contribution >= 0.6 is 12.2 Å². The highest BCUT2D eigenvalue weighted by Gasteiger charge is 2.24. The first kappa shape index (κ1) is 22.4. The van der Waals surface area contributed by atoms with Gasteiger partial charge in [0.25, 0.3) is 11.5 Å². The number of aromatic nitrogens is 2. The minimum atomic E-state index is -0.150. The number of hydrogen-bond acceptors (Lipinski definition) is 4. The quantitative estimate of drug-likeness (QED) is 0.431. The van der Waals surface area contributed by atoms with Crippen molar-refractivity contribution in [2.24, 2.45) is 0 Å². The second kappa shape index (κ2) is 9.38. The van der Waals surface area contributed by atoms with Gasteiger partial charge in [-0.3, -0.25) is 14.2 Å². The van der Waals surface area contributed by atoms with E-state index in [0.29, 0.717) is 53.3 Å². The molecule has 0 spiro atoms. The largest absolute Gasteiger partial charge is 0.385 e. The third-order valence-corrected chi connectivity index (χ3v) is 6.42. The summed E-state index contributed by atoms with van der Waals surface area (Å²) in [4.78, 5) is 31.3. The summed E-state index contributed by atoms with van der Waals surface area (Å²) >= 11 is 5.41. The van der Waals surface area contributed by atoms with E-state index < -0.39 is 0 Å². The van der Waals surface area contributed by atoms with E-state index in [1.807, 2.05) is 4.90 Å². The standard InChI is InChI=1S/C25H29N3O3S/c1-16(2)17-8-10-22-18(14-17)6-4-11-27(22)23(29)19-7-9-20-21(15-19)26-25(32)28(24(20)30)12-5-13-31-3/h7-10,14-16H,4-6,11-13H2,1-3H3,(H,26,32).